The summed E-state index contributed by atoms with van der Waals surface area (Å²) in [6.07, 6.45) is 0. The van der Waals surface area contributed by atoms with Crippen molar-refractivity contribution in [1.82, 2.24) is 0 Å². The van der Waals surface area contributed by atoms with Crippen molar-refractivity contribution >= 4 is 29.9 Å². The normalized spacial score (nSPS) is 2.00. The van der Waals surface area contributed by atoms with Crippen molar-refractivity contribution in [3.63, 3.8) is 0 Å². The van der Waals surface area contributed by atoms with Crippen LogP contribution in [0.5, 0.6) is 0 Å². The van der Waals surface area contributed by atoms with Gasteiger partial charge in [0.05, 0.1) is 6.01 Å². The first-order chi connectivity index (χ1) is 1.41. The molecule has 4 heavy (non-hydrogen) atoms. The van der Waals surface area contributed by atoms with Gasteiger partial charge in [-0.3, -0.25) is 0 Å². The summed E-state index contributed by atoms with van der Waals surface area (Å²) in [5.41, 5.74) is 0. The minimum absolute atomic E-state index is 0. The molecule has 0 atom stereocenters. The van der Waals surface area contributed by atoms with Crippen molar-refractivity contribution < 1.29 is 0 Å². The van der Waals surface area contributed by atoms with E-state index in [4.69, 9.17) is 10.8 Å². The van der Waals surface area contributed by atoms with E-state index in [1.807, 2.05) is 0 Å². The minimum Gasteiger partial charge on any atom is -0.242 e. The van der Waals surface area contributed by atoms with Crippen LogP contribution in [0.1, 0.15) is 0 Å². The fourth-order valence-corrected chi connectivity index (χ4v) is 0. The predicted molar refractivity (Wildman–Crippen MR) is 16.2 cm³/mol. The second-order valence-corrected chi connectivity index (χ2v) is 0.125. The Balaban J connectivity index is 0. The van der Waals surface area contributed by atoms with Gasteiger partial charge in [0.1, 0.15) is 0 Å². The second kappa shape index (κ2) is 10.9. The van der Waals surface area contributed by atoms with Crippen LogP contribution >= 0.6 is 0 Å². The molecule has 0 bridgehead atoms. The third kappa shape index (κ3) is 94.8. The Hall–Kier alpha value is 0.179. The molecule has 0 aromatic rings. The number of hydrogen-bond donors (Lipinski definition) is 2. The molecule has 2 nitrogen and oxygen atoms in total. The van der Waals surface area contributed by atoms with Gasteiger partial charge in [0.25, 0.3) is 0 Å². The summed E-state index contributed by atoms with van der Waals surface area (Å²) in [5.74, 6) is 0. The molecule has 0 heterocycles. The Bertz CT molecular complexity index is 27.0. The fraction of sp³-hybridized carbons (Fsp3) is 0. The molecular weight excluding hydrogens is 159 g/mol. The average Bonchev–Trinajstić information content (AvgIpc) is 0.918. The van der Waals surface area contributed by atoms with E-state index in [-0.39, 0.29) is 23.9 Å². The summed E-state index contributed by atoms with van der Waals surface area (Å²) in [6, 6.07) is 1.25. The van der Waals surface area contributed by atoms with Gasteiger partial charge < -0.3 is 0 Å². The first-order valence-corrected chi connectivity index (χ1v) is 0.500. The molecule has 2 N–H and O–H groups in total. The molecule has 0 aromatic heterocycles. The standard InChI is InChI=1S/CH2N2.Sn/c2-1-3;/h2-3H;. The third-order valence-electron chi connectivity index (χ3n) is 0. The van der Waals surface area contributed by atoms with Crippen LogP contribution in [0.4, 0.5) is 0 Å². The summed E-state index contributed by atoms with van der Waals surface area (Å²) in [6.45, 7) is 0. The van der Waals surface area contributed by atoms with Crippen molar-refractivity contribution in [3.05, 3.63) is 0 Å². The molecule has 4 radical (unpaired) electrons. The van der Waals surface area contributed by atoms with Crippen LogP contribution in [0.25, 0.3) is 0 Å². The number of hydrogen-bond acceptors (Lipinski definition) is 2. The van der Waals surface area contributed by atoms with Crippen molar-refractivity contribution in [2.75, 3.05) is 0 Å². The molecule has 0 aliphatic rings. The topological polar surface area (TPSA) is 47.7 Å². The van der Waals surface area contributed by atoms with Crippen LogP contribution in [0, 0.1) is 10.8 Å². The Morgan fingerprint density at radius 2 is 1.25 bits per heavy atom. The van der Waals surface area contributed by atoms with Crippen LogP contribution in [0.3, 0.4) is 0 Å². The average molecular weight is 161 g/mol. The van der Waals surface area contributed by atoms with Gasteiger partial charge in [0.15, 0.2) is 0 Å². The molecule has 3 heteroatoms. The van der Waals surface area contributed by atoms with Gasteiger partial charge in [-0.1, -0.05) is 0 Å². The van der Waals surface area contributed by atoms with Gasteiger partial charge in [0, 0.05) is 23.9 Å². The molecule has 20 valence electrons. The third-order valence-corrected chi connectivity index (χ3v) is 0. The maximum Gasteiger partial charge on any atom is 0.0831 e. The smallest absolute Gasteiger partial charge is 0.0831 e. The van der Waals surface area contributed by atoms with Crippen molar-refractivity contribution in [3.8, 4) is 0 Å². The monoisotopic (exact) mass is 162 g/mol. The van der Waals surface area contributed by atoms with E-state index in [0.29, 0.717) is 0 Å². The van der Waals surface area contributed by atoms with Gasteiger partial charge in [-0.25, -0.2) is 10.8 Å². The Morgan fingerprint density at radius 1 is 1.25 bits per heavy atom. The van der Waals surface area contributed by atoms with Gasteiger partial charge in [-0.15, -0.1) is 0 Å². The van der Waals surface area contributed by atoms with Crippen LogP contribution in [0.2, 0.25) is 0 Å². The summed E-state index contributed by atoms with van der Waals surface area (Å²) in [5, 5.41) is 11.2. The van der Waals surface area contributed by atoms with Gasteiger partial charge in [0.2, 0.25) is 0 Å². The van der Waals surface area contributed by atoms with Crippen LogP contribution < -0.4 is 0 Å². The van der Waals surface area contributed by atoms with Gasteiger partial charge in [-0.05, 0) is 0 Å². The number of rotatable bonds is 0. The van der Waals surface area contributed by atoms with Crippen molar-refractivity contribution in [2.45, 2.75) is 0 Å². The Labute approximate surface area is 41.2 Å². The van der Waals surface area contributed by atoms with Gasteiger partial charge in [-0.2, -0.15) is 0 Å². The number of nitrogens with one attached hydrogen (secondary N) is 2. The summed E-state index contributed by atoms with van der Waals surface area (Å²) in [4.78, 5) is 0. The molecule has 0 unspecified atom stereocenters. The molecular formula is CH2N2Sn. The first-order valence-electron chi connectivity index (χ1n) is 0.500. The first kappa shape index (κ1) is 8.89. The van der Waals surface area contributed by atoms with Crippen molar-refractivity contribution in [2.24, 2.45) is 0 Å². The van der Waals surface area contributed by atoms with E-state index < -0.39 is 0 Å². The zero-order valence-corrected chi connectivity index (χ0v) is 4.85. The summed E-state index contributed by atoms with van der Waals surface area (Å²) >= 11 is 0. The van der Waals surface area contributed by atoms with Crippen molar-refractivity contribution in [1.29, 1.82) is 10.8 Å². The Kier molecular flexibility index (Phi) is 24.2. The maximum absolute atomic E-state index is 5.62. The predicted octanol–water partition coefficient (Wildman–Crippen LogP) is -0.0630. The van der Waals surface area contributed by atoms with E-state index in [1.54, 1.807) is 0 Å². The molecule has 0 aliphatic heterocycles. The van der Waals surface area contributed by atoms with E-state index in [2.05, 4.69) is 0 Å². The van der Waals surface area contributed by atoms with Crippen LogP contribution in [0.15, 0.2) is 0 Å². The molecule has 0 saturated heterocycles. The summed E-state index contributed by atoms with van der Waals surface area (Å²) in [7, 11) is 0. The molecule has 0 rings (SSSR count). The zero-order valence-electron chi connectivity index (χ0n) is 2.00. The second-order valence-electron chi connectivity index (χ2n) is 0.125. The Morgan fingerprint density at radius 3 is 1.25 bits per heavy atom. The maximum atomic E-state index is 5.62. The van der Waals surface area contributed by atoms with E-state index in [9.17, 15) is 0 Å². The molecule has 0 aliphatic carbocycles. The molecule has 0 fully saturated rings. The largest absolute Gasteiger partial charge is 0.242 e. The quantitative estimate of drug-likeness (QED) is 0.369. The minimum atomic E-state index is 0. The molecule has 0 spiro atoms. The van der Waals surface area contributed by atoms with E-state index in [1.165, 1.54) is 6.01 Å². The zero-order chi connectivity index (χ0) is 2.71. The van der Waals surface area contributed by atoms with Gasteiger partial charge >= 0.3 is 0 Å². The SMILES string of the molecule is N=C=N.[Sn]. The van der Waals surface area contributed by atoms with Crippen LogP contribution in [-0.2, 0) is 0 Å². The van der Waals surface area contributed by atoms with Crippen LogP contribution in [-0.4, -0.2) is 29.9 Å². The molecule has 0 aromatic carbocycles. The fourth-order valence-electron chi connectivity index (χ4n) is 0. The summed E-state index contributed by atoms with van der Waals surface area (Å²) < 4.78 is 0. The van der Waals surface area contributed by atoms with E-state index >= 15 is 0 Å². The van der Waals surface area contributed by atoms with E-state index in [0.717, 1.165) is 0 Å². The molecule has 0 amide bonds. The molecule has 0 saturated carbocycles.